The number of rotatable bonds is 5. The molecule has 140 valence electrons. The van der Waals surface area contributed by atoms with Gasteiger partial charge in [-0.25, -0.2) is 0 Å². The van der Waals surface area contributed by atoms with Gasteiger partial charge in [0.05, 0.1) is 12.0 Å². The first-order valence-electron chi connectivity index (χ1n) is 8.12. The summed E-state index contributed by atoms with van der Waals surface area (Å²) < 4.78 is 7.30. The molecule has 1 aliphatic rings. The van der Waals surface area contributed by atoms with Crippen molar-refractivity contribution in [3.8, 4) is 11.4 Å². The Morgan fingerprint density at radius 3 is 2.67 bits per heavy atom. The maximum atomic E-state index is 12.3. The molecule has 2 amide bonds. The van der Waals surface area contributed by atoms with Gasteiger partial charge >= 0.3 is 5.97 Å². The highest BCUT2D eigenvalue weighted by atomic mass is 32.2. The lowest BCUT2D eigenvalue weighted by Crippen LogP contribution is -2.33. The largest absolute Gasteiger partial charge is 0.497 e. The molecule has 3 rings (SSSR count). The molecule has 0 spiro atoms. The summed E-state index contributed by atoms with van der Waals surface area (Å²) in [6, 6.07) is 9.53. The van der Waals surface area contributed by atoms with E-state index in [-0.39, 0.29) is 4.91 Å². The molecule has 0 bridgehead atoms. The van der Waals surface area contributed by atoms with Crippen molar-refractivity contribution in [2.24, 2.45) is 0 Å². The van der Waals surface area contributed by atoms with Crippen LogP contribution in [-0.4, -0.2) is 45.3 Å². The number of aromatic nitrogens is 1. The average molecular weight is 386 g/mol. The summed E-state index contributed by atoms with van der Waals surface area (Å²) in [6.07, 6.45) is 1.63. The van der Waals surface area contributed by atoms with E-state index >= 15 is 0 Å². The molecule has 1 fully saturated rings. The fraction of sp³-hybridized carbons (Fsp3) is 0.211. The van der Waals surface area contributed by atoms with E-state index in [0.29, 0.717) is 0 Å². The van der Waals surface area contributed by atoms with Gasteiger partial charge in [-0.3, -0.25) is 19.3 Å². The highest BCUT2D eigenvalue weighted by molar-refractivity contribution is 8.18. The Kier molecular flexibility index (Phi) is 5.09. The van der Waals surface area contributed by atoms with Gasteiger partial charge in [0.15, 0.2) is 0 Å². The van der Waals surface area contributed by atoms with Gasteiger partial charge in [0.2, 0.25) is 0 Å². The van der Waals surface area contributed by atoms with Crippen molar-refractivity contribution >= 4 is 35.0 Å². The first-order chi connectivity index (χ1) is 12.8. The van der Waals surface area contributed by atoms with Crippen LogP contribution in [0.2, 0.25) is 0 Å². The van der Waals surface area contributed by atoms with Crippen molar-refractivity contribution in [2.45, 2.75) is 13.8 Å². The van der Waals surface area contributed by atoms with Gasteiger partial charge in [-0.05, 0) is 55.4 Å². The molecule has 0 atom stereocenters. The van der Waals surface area contributed by atoms with E-state index in [1.807, 2.05) is 48.7 Å². The van der Waals surface area contributed by atoms with Crippen LogP contribution in [0.1, 0.15) is 17.0 Å². The number of carboxylic acids is 1. The number of imide groups is 1. The zero-order valence-corrected chi connectivity index (χ0v) is 15.9. The summed E-state index contributed by atoms with van der Waals surface area (Å²) >= 11 is 0.750. The fourth-order valence-electron chi connectivity index (χ4n) is 2.99. The van der Waals surface area contributed by atoms with Crippen molar-refractivity contribution in [3.63, 3.8) is 0 Å². The van der Waals surface area contributed by atoms with Crippen LogP contribution < -0.4 is 4.74 Å². The second-order valence-corrected chi connectivity index (χ2v) is 7.02. The van der Waals surface area contributed by atoms with Crippen molar-refractivity contribution in [2.75, 3.05) is 13.7 Å². The molecule has 7 nitrogen and oxygen atoms in total. The summed E-state index contributed by atoms with van der Waals surface area (Å²) in [5, 5.41) is 8.28. The minimum absolute atomic E-state index is 0.215. The zero-order chi connectivity index (χ0) is 19.7. The summed E-state index contributed by atoms with van der Waals surface area (Å²) in [4.78, 5) is 36.0. The normalized spacial score (nSPS) is 15.7. The smallest absolute Gasteiger partial charge is 0.323 e. The lowest BCUT2D eigenvalue weighted by Gasteiger charge is -2.11. The number of benzene rings is 1. The molecule has 0 aliphatic carbocycles. The van der Waals surface area contributed by atoms with Crippen LogP contribution in [0.3, 0.4) is 0 Å². The Labute approximate surface area is 160 Å². The summed E-state index contributed by atoms with van der Waals surface area (Å²) in [5.74, 6) is -1.08. The molecule has 1 aliphatic heterocycles. The van der Waals surface area contributed by atoms with E-state index in [0.717, 1.165) is 45.1 Å². The number of methoxy groups -OCH3 is 1. The van der Waals surface area contributed by atoms with E-state index in [2.05, 4.69) is 0 Å². The van der Waals surface area contributed by atoms with Crippen LogP contribution in [0.15, 0.2) is 35.2 Å². The number of ether oxygens (including phenoxy) is 1. The van der Waals surface area contributed by atoms with Crippen molar-refractivity contribution in [3.05, 3.63) is 52.2 Å². The molecule has 1 N–H and O–H groups in total. The van der Waals surface area contributed by atoms with Crippen LogP contribution in [0.5, 0.6) is 5.75 Å². The van der Waals surface area contributed by atoms with Crippen LogP contribution >= 0.6 is 11.8 Å². The Morgan fingerprint density at radius 2 is 2.00 bits per heavy atom. The first kappa shape index (κ1) is 18.8. The standard InChI is InChI=1S/C19H18N2O5S/c1-11-7-13(8-16-18(24)20(10-17(22)23)19(25)27-16)12(2)21(11)14-5-4-6-15(9-14)26-3/h4-9H,10H2,1-3H3,(H,22,23)/b16-8-. The second kappa shape index (κ2) is 7.32. The third-order valence-corrected chi connectivity index (χ3v) is 5.14. The number of aliphatic carboxylic acids is 1. The van der Waals surface area contributed by atoms with Gasteiger partial charge in [0, 0.05) is 23.1 Å². The molecule has 1 aromatic carbocycles. The third kappa shape index (κ3) is 3.61. The monoisotopic (exact) mass is 386 g/mol. The maximum Gasteiger partial charge on any atom is 0.323 e. The predicted octanol–water partition coefficient (Wildman–Crippen LogP) is 3.22. The Morgan fingerprint density at radius 1 is 1.26 bits per heavy atom. The van der Waals surface area contributed by atoms with Crippen molar-refractivity contribution < 1.29 is 24.2 Å². The molecular weight excluding hydrogens is 368 g/mol. The van der Waals surface area contributed by atoms with Gasteiger partial charge < -0.3 is 14.4 Å². The highest BCUT2D eigenvalue weighted by Crippen LogP contribution is 2.33. The topological polar surface area (TPSA) is 88.8 Å². The maximum absolute atomic E-state index is 12.3. The van der Waals surface area contributed by atoms with E-state index in [4.69, 9.17) is 9.84 Å². The molecule has 1 saturated heterocycles. The molecule has 0 radical (unpaired) electrons. The van der Waals surface area contributed by atoms with E-state index in [9.17, 15) is 14.4 Å². The number of nitrogens with zero attached hydrogens (tertiary/aromatic N) is 2. The number of hydrogen-bond acceptors (Lipinski definition) is 5. The molecule has 2 aromatic rings. The number of carboxylic acid groups (broad SMARTS) is 1. The number of carbonyl (C=O) groups is 3. The Bertz CT molecular complexity index is 976. The van der Waals surface area contributed by atoms with Gasteiger partial charge in [-0.15, -0.1) is 0 Å². The SMILES string of the molecule is COc1cccc(-n2c(C)cc(/C=C3\SC(=O)N(CC(=O)O)C3=O)c2C)c1. The van der Waals surface area contributed by atoms with Crippen molar-refractivity contribution in [1.29, 1.82) is 0 Å². The predicted molar refractivity (Wildman–Crippen MR) is 102 cm³/mol. The summed E-state index contributed by atoms with van der Waals surface area (Å²) in [5.41, 5.74) is 3.56. The molecule has 0 saturated carbocycles. The first-order valence-corrected chi connectivity index (χ1v) is 8.94. The van der Waals surface area contributed by atoms with Gasteiger partial charge in [-0.2, -0.15) is 0 Å². The molecule has 0 unspecified atom stereocenters. The number of thioether (sulfide) groups is 1. The number of aryl methyl sites for hydroxylation is 1. The minimum Gasteiger partial charge on any atom is -0.497 e. The molecule has 2 heterocycles. The van der Waals surface area contributed by atoms with E-state index < -0.39 is 23.7 Å². The van der Waals surface area contributed by atoms with Crippen LogP contribution in [0.25, 0.3) is 11.8 Å². The quantitative estimate of drug-likeness (QED) is 0.794. The van der Waals surface area contributed by atoms with Crippen molar-refractivity contribution in [1.82, 2.24) is 9.47 Å². The molecular formula is C19H18N2O5S. The Balaban J connectivity index is 1.97. The van der Waals surface area contributed by atoms with Crippen LogP contribution in [0, 0.1) is 13.8 Å². The summed E-state index contributed by atoms with van der Waals surface area (Å²) in [7, 11) is 1.60. The average Bonchev–Trinajstić information content (AvgIpc) is 3.05. The second-order valence-electron chi connectivity index (χ2n) is 6.02. The van der Waals surface area contributed by atoms with E-state index in [1.165, 1.54) is 0 Å². The number of hydrogen-bond donors (Lipinski definition) is 1. The van der Waals surface area contributed by atoms with Gasteiger partial charge in [-0.1, -0.05) is 6.07 Å². The highest BCUT2D eigenvalue weighted by Gasteiger charge is 2.36. The lowest BCUT2D eigenvalue weighted by molar-refractivity contribution is -0.140. The Hall–Kier alpha value is -3.00. The zero-order valence-electron chi connectivity index (χ0n) is 15.1. The molecule has 27 heavy (non-hydrogen) atoms. The van der Waals surface area contributed by atoms with Crippen LogP contribution in [0.4, 0.5) is 4.79 Å². The number of carbonyl (C=O) groups excluding carboxylic acids is 2. The minimum atomic E-state index is -1.23. The van der Waals surface area contributed by atoms with Gasteiger partial charge in [0.1, 0.15) is 12.3 Å². The van der Waals surface area contributed by atoms with Gasteiger partial charge in [0.25, 0.3) is 11.1 Å². The van der Waals surface area contributed by atoms with E-state index in [1.54, 1.807) is 13.2 Å². The number of amides is 2. The summed E-state index contributed by atoms with van der Waals surface area (Å²) in [6.45, 7) is 3.23. The molecule has 1 aromatic heterocycles. The van der Waals surface area contributed by atoms with Crippen LogP contribution in [-0.2, 0) is 9.59 Å². The lowest BCUT2D eigenvalue weighted by atomic mass is 10.2. The fourth-order valence-corrected chi connectivity index (χ4v) is 3.82. The third-order valence-electron chi connectivity index (χ3n) is 4.24. The molecule has 8 heteroatoms.